The number of nitrogens with one attached hydrogen (secondary N) is 1. The van der Waals surface area contributed by atoms with Crippen LogP contribution in [0.3, 0.4) is 0 Å². The third kappa shape index (κ3) is 3.64. The largest absolute Gasteiger partial charge is 0.457 e. The van der Waals surface area contributed by atoms with E-state index in [0.29, 0.717) is 11.3 Å². The number of carbonyl (C=O) groups excluding carboxylic acids is 1. The Hall–Kier alpha value is -3.26. The first-order valence-corrected chi connectivity index (χ1v) is 7.48. The van der Waals surface area contributed by atoms with Gasteiger partial charge in [0, 0.05) is 40.7 Å². The molecule has 0 spiro atoms. The van der Waals surface area contributed by atoms with Crippen LogP contribution in [-0.4, -0.2) is 26.1 Å². The minimum absolute atomic E-state index is 0.128. The minimum atomic E-state index is -0.622. The van der Waals surface area contributed by atoms with Crippen molar-refractivity contribution in [3.63, 3.8) is 0 Å². The van der Waals surface area contributed by atoms with Gasteiger partial charge in [-0.1, -0.05) is 11.6 Å². The number of ether oxygens (including phenoxy) is 1. The van der Waals surface area contributed by atoms with Crippen molar-refractivity contribution in [3.8, 4) is 11.3 Å². The van der Waals surface area contributed by atoms with Gasteiger partial charge in [-0.15, -0.1) is 0 Å². The van der Waals surface area contributed by atoms with Gasteiger partial charge in [0.1, 0.15) is 12.2 Å². The molecule has 0 aliphatic rings. The molecule has 0 fully saturated rings. The number of halogens is 1. The zero-order chi connectivity index (χ0) is 17.8. The molecule has 126 valence electrons. The molecule has 3 aromatic rings. The van der Waals surface area contributed by atoms with E-state index in [1.54, 1.807) is 24.5 Å². The van der Waals surface area contributed by atoms with Gasteiger partial charge in [0.2, 0.25) is 0 Å². The van der Waals surface area contributed by atoms with E-state index in [2.05, 4.69) is 15.2 Å². The minimum Gasteiger partial charge on any atom is -0.457 e. The topological polar surface area (TPSA) is 111 Å². The highest BCUT2D eigenvalue weighted by Crippen LogP contribution is 2.24. The zero-order valence-electron chi connectivity index (χ0n) is 12.7. The van der Waals surface area contributed by atoms with E-state index in [1.165, 1.54) is 24.4 Å². The van der Waals surface area contributed by atoms with Gasteiger partial charge in [0.25, 0.3) is 5.69 Å². The van der Waals surface area contributed by atoms with Crippen molar-refractivity contribution in [2.24, 2.45) is 0 Å². The molecular formula is C16H11ClN4O4. The maximum absolute atomic E-state index is 12.3. The Labute approximate surface area is 146 Å². The fourth-order valence-corrected chi connectivity index (χ4v) is 2.36. The summed E-state index contributed by atoms with van der Waals surface area (Å²) >= 11 is 6.00. The molecule has 1 N–H and O–H groups in total. The van der Waals surface area contributed by atoms with Gasteiger partial charge in [-0.2, -0.15) is 5.10 Å². The first-order valence-electron chi connectivity index (χ1n) is 7.10. The van der Waals surface area contributed by atoms with E-state index in [9.17, 15) is 14.9 Å². The molecule has 2 aromatic heterocycles. The van der Waals surface area contributed by atoms with Crippen LogP contribution in [0.1, 0.15) is 15.9 Å². The third-order valence-corrected chi connectivity index (χ3v) is 3.80. The summed E-state index contributed by atoms with van der Waals surface area (Å²) in [5, 5.41) is 17.7. The lowest BCUT2D eigenvalue weighted by Crippen LogP contribution is -2.06. The van der Waals surface area contributed by atoms with Gasteiger partial charge < -0.3 is 4.74 Å². The van der Waals surface area contributed by atoms with E-state index in [1.807, 2.05) is 0 Å². The Morgan fingerprint density at radius 1 is 1.28 bits per heavy atom. The van der Waals surface area contributed by atoms with Crippen molar-refractivity contribution in [1.82, 2.24) is 15.2 Å². The first-order chi connectivity index (χ1) is 12.1. The highest BCUT2D eigenvalue weighted by Gasteiger charge is 2.18. The number of aromatic nitrogens is 3. The molecule has 0 saturated carbocycles. The molecule has 0 aliphatic carbocycles. The van der Waals surface area contributed by atoms with E-state index in [-0.39, 0.29) is 22.9 Å². The lowest BCUT2D eigenvalue weighted by Gasteiger charge is -2.07. The number of carbonyl (C=O) groups is 1. The molecular weight excluding hydrogens is 348 g/mol. The maximum Gasteiger partial charge on any atom is 0.342 e. The molecule has 0 atom stereocenters. The van der Waals surface area contributed by atoms with Crippen LogP contribution in [0.4, 0.5) is 5.69 Å². The number of esters is 1. The van der Waals surface area contributed by atoms with E-state index in [4.69, 9.17) is 16.3 Å². The monoisotopic (exact) mass is 358 g/mol. The second-order valence-electron chi connectivity index (χ2n) is 5.00. The number of H-pyrrole nitrogens is 1. The summed E-state index contributed by atoms with van der Waals surface area (Å²) in [7, 11) is 0. The Balaban J connectivity index is 1.78. The number of nitro benzene ring substituents is 1. The number of nitrogens with zero attached hydrogens (tertiary/aromatic N) is 3. The highest BCUT2D eigenvalue weighted by molar-refractivity contribution is 6.31. The van der Waals surface area contributed by atoms with Crippen LogP contribution in [0, 0.1) is 10.1 Å². The summed E-state index contributed by atoms with van der Waals surface area (Å²) in [6.45, 7) is -0.194. The summed E-state index contributed by atoms with van der Waals surface area (Å²) in [5.74, 6) is -0.622. The average molecular weight is 359 g/mol. The first kappa shape index (κ1) is 16.6. The Morgan fingerprint density at radius 3 is 2.76 bits per heavy atom. The van der Waals surface area contributed by atoms with Crippen LogP contribution in [0.2, 0.25) is 5.02 Å². The van der Waals surface area contributed by atoms with Crippen molar-refractivity contribution in [2.45, 2.75) is 6.61 Å². The number of nitro groups is 1. The predicted molar refractivity (Wildman–Crippen MR) is 89.0 cm³/mol. The molecule has 0 unspecified atom stereocenters. The fraction of sp³-hybridized carbons (Fsp3) is 0.0625. The van der Waals surface area contributed by atoms with Gasteiger partial charge in [0.05, 0.1) is 16.8 Å². The van der Waals surface area contributed by atoms with E-state index in [0.717, 1.165) is 5.56 Å². The van der Waals surface area contributed by atoms with Crippen molar-refractivity contribution in [2.75, 3.05) is 0 Å². The third-order valence-electron chi connectivity index (χ3n) is 3.43. The second-order valence-corrected chi connectivity index (χ2v) is 5.41. The molecule has 9 heteroatoms. The van der Waals surface area contributed by atoms with Crippen molar-refractivity contribution in [1.29, 1.82) is 0 Å². The Morgan fingerprint density at radius 2 is 2.04 bits per heavy atom. The van der Waals surface area contributed by atoms with Crippen molar-refractivity contribution in [3.05, 3.63) is 75.2 Å². The van der Waals surface area contributed by atoms with Crippen LogP contribution in [0.25, 0.3) is 11.3 Å². The maximum atomic E-state index is 12.3. The van der Waals surface area contributed by atoms with Crippen molar-refractivity contribution >= 4 is 23.3 Å². The standard InChI is InChI=1S/C16H11ClN4O4/c17-14-2-1-12(21(23)24)7-11(14)9-25-16(22)13-8-19-20-15(13)10-3-5-18-6-4-10/h1-8H,9H2,(H,19,20). The van der Waals surface area contributed by atoms with Crippen LogP contribution in [-0.2, 0) is 11.3 Å². The smallest absolute Gasteiger partial charge is 0.342 e. The van der Waals surface area contributed by atoms with Gasteiger partial charge in [-0.3, -0.25) is 20.2 Å². The molecule has 2 heterocycles. The fourth-order valence-electron chi connectivity index (χ4n) is 2.19. The molecule has 0 aliphatic heterocycles. The van der Waals surface area contributed by atoms with E-state index < -0.39 is 10.9 Å². The second kappa shape index (κ2) is 7.10. The van der Waals surface area contributed by atoms with Gasteiger partial charge in [-0.05, 0) is 18.2 Å². The SMILES string of the molecule is O=C(OCc1cc([N+](=O)[O-])ccc1Cl)c1cn[nH]c1-c1ccncc1. The quantitative estimate of drug-likeness (QED) is 0.425. The van der Waals surface area contributed by atoms with Gasteiger partial charge in [0.15, 0.2) is 0 Å². The number of aromatic amines is 1. The number of rotatable bonds is 5. The number of hydrogen-bond acceptors (Lipinski definition) is 6. The van der Waals surface area contributed by atoms with E-state index >= 15 is 0 Å². The summed E-state index contributed by atoms with van der Waals surface area (Å²) in [6, 6.07) is 7.40. The molecule has 0 bridgehead atoms. The van der Waals surface area contributed by atoms with Crippen LogP contribution in [0.5, 0.6) is 0 Å². The summed E-state index contributed by atoms with van der Waals surface area (Å²) in [4.78, 5) is 26.5. The lowest BCUT2D eigenvalue weighted by atomic mass is 10.1. The Bertz CT molecular complexity index is 927. The lowest BCUT2D eigenvalue weighted by molar-refractivity contribution is -0.384. The van der Waals surface area contributed by atoms with Crippen molar-refractivity contribution < 1.29 is 14.5 Å². The number of pyridine rings is 1. The van der Waals surface area contributed by atoms with Gasteiger partial charge in [-0.25, -0.2) is 4.79 Å². The molecule has 0 radical (unpaired) electrons. The molecule has 25 heavy (non-hydrogen) atoms. The molecule has 0 amide bonds. The summed E-state index contributed by atoms with van der Waals surface area (Å²) < 4.78 is 5.23. The highest BCUT2D eigenvalue weighted by atomic mass is 35.5. The van der Waals surface area contributed by atoms with Crippen LogP contribution < -0.4 is 0 Å². The summed E-state index contributed by atoms with van der Waals surface area (Å²) in [5.41, 5.74) is 1.69. The normalized spacial score (nSPS) is 10.4. The zero-order valence-corrected chi connectivity index (χ0v) is 13.4. The summed E-state index contributed by atoms with van der Waals surface area (Å²) in [6.07, 6.45) is 4.54. The molecule has 0 saturated heterocycles. The molecule has 8 nitrogen and oxygen atoms in total. The van der Waals surface area contributed by atoms with Crippen LogP contribution in [0.15, 0.2) is 48.9 Å². The van der Waals surface area contributed by atoms with Gasteiger partial charge >= 0.3 is 5.97 Å². The number of benzene rings is 1. The predicted octanol–water partition coefficient (Wildman–Crippen LogP) is 3.39. The number of non-ortho nitro benzene ring substituents is 1. The van der Waals surface area contributed by atoms with Crippen LogP contribution >= 0.6 is 11.6 Å². The molecule has 1 aromatic carbocycles. The Kier molecular flexibility index (Phi) is 4.71. The molecule has 3 rings (SSSR count). The number of hydrogen-bond donors (Lipinski definition) is 1. The average Bonchev–Trinajstić information content (AvgIpc) is 3.11.